The van der Waals surface area contributed by atoms with Crippen molar-refractivity contribution in [2.75, 3.05) is 16.4 Å². The van der Waals surface area contributed by atoms with E-state index in [2.05, 4.69) is 32.7 Å². The second-order valence-electron chi connectivity index (χ2n) is 6.29. The smallest absolute Gasteiger partial charge is 0.234 e. The van der Waals surface area contributed by atoms with Crippen LogP contribution in [0.1, 0.15) is 20.3 Å². The molecule has 3 rings (SSSR count). The lowest BCUT2D eigenvalue weighted by Gasteiger charge is -2.10. The quantitative estimate of drug-likeness (QED) is 0.552. The Labute approximate surface area is 173 Å². The van der Waals surface area contributed by atoms with Gasteiger partial charge in [-0.1, -0.05) is 24.8 Å². The molecule has 0 atom stereocenters. The van der Waals surface area contributed by atoms with E-state index in [0.29, 0.717) is 16.5 Å². The Bertz CT molecular complexity index is 990. The highest BCUT2D eigenvalue weighted by atomic mass is 32.2. The first kappa shape index (κ1) is 20.5. The minimum absolute atomic E-state index is 0.161. The van der Waals surface area contributed by atoms with Gasteiger partial charge in [0.15, 0.2) is 11.0 Å². The molecule has 2 N–H and O–H groups in total. The Morgan fingerprint density at radius 2 is 1.79 bits per heavy atom. The average molecular weight is 411 g/mol. The molecule has 2 heterocycles. The molecular formula is C20H22N6O2S. The van der Waals surface area contributed by atoms with Gasteiger partial charge in [0, 0.05) is 42.8 Å². The average Bonchev–Trinajstić information content (AvgIpc) is 3.10. The number of anilines is 2. The van der Waals surface area contributed by atoms with E-state index in [9.17, 15) is 9.59 Å². The van der Waals surface area contributed by atoms with Gasteiger partial charge in [0.2, 0.25) is 11.8 Å². The van der Waals surface area contributed by atoms with Crippen molar-refractivity contribution in [3.8, 4) is 11.4 Å². The minimum atomic E-state index is -0.163. The fraction of sp³-hybridized carbons (Fsp3) is 0.250. The molecule has 1 aromatic carbocycles. The van der Waals surface area contributed by atoms with Gasteiger partial charge < -0.3 is 15.2 Å². The largest absolute Gasteiger partial charge is 0.326 e. The van der Waals surface area contributed by atoms with Crippen molar-refractivity contribution in [2.24, 2.45) is 0 Å². The van der Waals surface area contributed by atoms with Crippen LogP contribution in [0.2, 0.25) is 0 Å². The summed E-state index contributed by atoms with van der Waals surface area (Å²) in [6.45, 7) is 4.28. The molecule has 0 fully saturated rings. The van der Waals surface area contributed by atoms with Gasteiger partial charge in [-0.2, -0.15) is 0 Å². The highest BCUT2D eigenvalue weighted by molar-refractivity contribution is 7.99. The fourth-order valence-electron chi connectivity index (χ4n) is 2.74. The van der Waals surface area contributed by atoms with Gasteiger partial charge >= 0.3 is 0 Å². The number of nitrogens with zero attached hydrogens (tertiary/aromatic N) is 4. The highest BCUT2D eigenvalue weighted by Gasteiger charge is 2.15. The summed E-state index contributed by atoms with van der Waals surface area (Å²) in [5.74, 6) is 0.638. The molecule has 2 amide bonds. The summed E-state index contributed by atoms with van der Waals surface area (Å²) in [5, 5.41) is 14.8. The van der Waals surface area contributed by atoms with E-state index >= 15 is 0 Å². The van der Waals surface area contributed by atoms with Crippen LogP contribution in [-0.2, 0) is 16.1 Å². The topological polar surface area (TPSA) is 102 Å². The third-order valence-corrected chi connectivity index (χ3v) is 4.87. The van der Waals surface area contributed by atoms with Crippen LogP contribution in [-0.4, -0.2) is 37.3 Å². The van der Waals surface area contributed by atoms with Crippen LogP contribution in [0.3, 0.4) is 0 Å². The second kappa shape index (κ2) is 9.83. The molecule has 3 aromatic rings. The number of carbonyl (C=O) groups is 2. The zero-order valence-corrected chi connectivity index (χ0v) is 17.1. The van der Waals surface area contributed by atoms with E-state index < -0.39 is 0 Å². The van der Waals surface area contributed by atoms with Gasteiger partial charge in [-0.15, -0.1) is 10.2 Å². The SMILES string of the molecule is CCCn1c(SCC(=O)Nc2cccc(NC(C)=O)c2)nnc1-c1ccncc1. The number of aromatic nitrogens is 4. The lowest BCUT2D eigenvalue weighted by atomic mass is 10.2. The lowest BCUT2D eigenvalue weighted by molar-refractivity contribution is -0.114. The van der Waals surface area contributed by atoms with Crippen molar-refractivity contribution in [1.29, 1.82) is 0 Å². The summed E-state index contributed by atoms with van der Waals surface area (Å²) >= 11 is 1.34. The summed E-state index contributed by atoms with van der Waals surface area (Å²) in [6, 6.07) is 10.8. The minimum Gasteiger partial charge on any atom is -0.326 e. The molecule has 0 unspecified atom stereocenters. The molecule has 0 aliphatic rings. The van der Waals surface area contributed by atoms with Crippen molar-refractivity contribution < 1.29 is 9.59 Å². The first-order valence-electron chi connectivity index (χ1n) is 9.20. The maximum absolute atomic E-state index is 12.4. The van der Waals surface area contributed by atoms with Crippen LogP contribution in [0.15, 0.2) is 53.9 Å². The molecule has 150 valence electrons. The van der Waals surface area contributed by atoms with Crippen LogP contribution in [0.25, 0.3) is 11.4 Å². The van der Waals surface area contributed by atoms with Crippen LogP contribution >= 0.6 is 11.8 Å². The first-order chi connectivity index (χ1) is 14.1. The van der Waals surface area contributed by atoms with Crippen LogP contribution in [0.5, 0.6) is 0 Å². The Hall–Kier alpha value is -3.20. The molecule has 9 heteroatoms. The predicted molar refractivity (Wildman–Crippen MR) is 114 cm³/mol. The van der Waals surface area contributed by atoms with Gasteiger partial charge in [-0.25, -0.2) is 0 Å². The van der Waals surface area contributed by atoms with Crippen molar-refractivity contribution >= 4 is 35.0 Å². The third kappa shape index (κ3) is 5.64. The monoisotopic (exact) mass is 410 g/mol. The molecule has 0 saturated carbocycles. The predicted octanol–water partition coefficient (Wildman–Crippen LogP) is 3.44. The van der Waals surface area contributed by atoms with Crippen molar-refractivity contribution in [1.82, 2.24) is 19.7 Å². The molecule has 29 heavy (non-hydrogen) atoms. The molecule has 8 nitrogen and oxygen atoms in total. The number of benzene rings is 1. The van der Waals surface area contributed by atoms with Gasteiger partial charge in [0.05, 0.1) is 5.75 Å². The highest BCUT2D eigenvalue weighted by Crippen LogP contribution is 2.24. The Balaban J connectivity index is 1.66. The Morgan fingerprint density at radius 1 is 1.07 bits per heavy atom. The van der Waals surface area contributed by atoms with Gasteiger partial charge in [-0.3, -0.25) is 14.6 Å². The molecule has 2 aromatic heterocycles. The van der Waals surface area contributed by atoms with Crippen molar-refractivity contribution in [2.45, 2.75) is 32.0 Å². The summed E-state index contributed by atoms with van der Waals surface area (Å²) in [7, 11) is 0. The molecule has 0 spiro atoms. The first-order valence-corrected chi connectivity index (χ1v) is 10.2. The number of carbonyl (C=O) groups excluding carboxylic acids is 2. The van der Waals surface area contributed by atoms with Gasteiger partial charge in [0.25, 0.3) is 0 Å². The Kier molecular flexibility index (Phi) is 6.96. The zero-order valence-electron chi connectivity index (χ0n) is 16.3. The van der Waals surface area contributed by atoms with Gasteiger partial charge in [0.1, 0.15) is 0 Å². The zero-order chi connectivity index (χ0) is 20.6. The van der Waals surface area contributed by atoms with Crippen LogP contribution in [0, 0.1) is 0 Å². The molecule has 0 aliphatic carbocycles. The number of pyridine rings is 1. The van der Waals surface area contributed by atoms with E-state index in [4.69, 9.17) is 0 Å². The molecule has 0 radical (unpaired) electrons. The van der Waals surface area contributed by atoms with Crippen LogP contribution in [0.4, 0.5) is 11.4 Å². The normalized spacial score (nSPS) is 10.6. The summed E-state index contributed by atoms with van der Waals surface area (Å²) < 4.78 is 2.02. The molecule has 0 bridgehead atoms. The van der Waals surface area contributed by atoms with E-state index in [-0.39, 0.29) is 17.6 Å². The summed E-state index contributed by atoms with van der Waals surface area (Å²) in [4.78, 5) is 27.6. The van der Waals surface area contributed by atoms with E-state index in [1.54, 1.807) is 36.7 Å². The lowest BCUT2D eigenvalue weighted by Crippen LogP contribution is -2.15. The summed E-state index contributed by atoms with van der Waals surface area (Å²) in [6.07, 6.45) is 4.36. The number of rotatable bonds is 8. The third-order valence-electron chi connectivity index (χ3n) is 3.90. The number of hydrogen-bond acceptors (Lipinski definition) is 6. The summed E-state index contributed by atoms with van der Waals surface area (Å²) in [5.41, 5.74) is 2.19. The maximum Gasteiger partial charge on any atom is 0.234 e. The second-order valence-corrected chi connectivity index (χ2v) is 7.24. The molecular weight excluding hydrogens is 388 g/mol. The van der Waals surface area contributed by atoms with E-state index in [1.165, 1.54) is 18.7 Å². The van der Waals surface area contributed by atoms with E-state index in [0.717, 1.165) is 24.4 Å². The van der Waals surface area contributed by atoms with Crippen molar-refractivity contribution in [3.05, 3.63) is 48.8 Å². The number of hydrogen-bond donors (Lipinski definition) is 2. The fourth-order valence-corrected chi connectivity index (χ4v) is 3.50. The maximum atomic E-state index is 12.4. The molecule has 0 saturated heterocycles. The van der Waals surface area contributed by atoms with Crippen LogP contribution < -0.4 is 10.6 Å². The Morgan fingerprint density at radius 3 is 2.48 bits per heavy atom. The standard InChI is InChI=1S/C20H22N6O2S/c1-3-11-26-19(15-7-9-21-10-8-15)24-25-20(26)29-13-18(28)23-17-6-4-5-16(12-17)22-14(2)27/h4-10,12H,3,11,13H2,1-2H3,(H,22,27)(H,23,28). The van der Waals surface area contributed by atoms with E-state index in [1.807, 2.05) is 16.7 Å². The molecule has 0 aliphatic heterocycles. The number of thioether (sulfide) groups is 1. The van der Waals surface area contributed by atoms with Gasteiger partial charge in [-0.05, 0) is 36.8 Å². The number of amides is 2. The van der Waals surface area contributed by atoms with Crippen molar-refractivity contribution in [3.63, 3.8) is 0 Å². The number of nitrogens with one attached hydrogen (secondary N) is 2.